The van der Waals surface area contributed by atoms with Crippen molar-refractivity contribution in [1.29, 1.82) is 0 Å². The van der Waals surface area contributed by atoms with Gasteiger partial charge in [-0.1, -0.05) is 5.16 Å². The van der Waals surface area contributed by atoms with Crippen molar-refractivity contribution >= 4 is 10.0 Å². The van der Waals surface area contributed by atoms with Crippen molar-refractivity contribution in [2.75, 3.05) is 6.54 Å². The molecule has 9 heteroatoms. The molecule has 0 saturated heterocycles. The Morgan fingerprint density at radius 2 is 2.25 bits per heavy atom. The molecule has 2 N–H and O–H groups in total. The summed E-state index contributed by atoms with van der Waals surface area (Å²) in [5.74, 6) is 0.896. The third-order valence-electron chi connectivity index (χ3n) is 2.77. The maximum absolute atomic E-state index is 12.0. The predicted molar refractivity (Wildman–Crippen MR) is 69.3 cm³/mol. The Labute approximate surface area is 116 Å². The molecule has 2 aromatic heterocycles. The van der Waals surface area contributed by atoms with Crippen molar-refractivity contribution in [1.82, 2.24) is 19.4 Å². The van der Waals surface area contributed by atoms with Gasteiger partial charge in [0.2, 0.25) is 15.9 Å². The summed E-state index contributed by atoms with van der Waals surface area (Å²) in [5.41, 5.74) is 0.527. The third-order valence-corrected chi connectivity index (χ3v) is 4.19. The van der Waals surface area contributed by atoms with Crippen LogP contribution in [0.3, 0.4) is 0 Å². The number of aromatic nitrogens is 3. The third kappa shape index (κ3) is 3.24. The van der Waals surface area contributed by atoms with Crippen LogP contribution in [0, 0.1) is 6.92 Å². The maximum Gasteiger partial charge on any atom is 0.242 e. The van der Waals surface area contributed by atoms with E-state index in [1.807, 2.05) is 0 Å². The first-order valence-electron chi connectivity index (χ1n) is 5.97. The van der Waals surface area contributed by atoms with Gasteiger partial charge in [-0.3, -0.25) is 0 Å². The minimum absolute atomic E-state index is 0.119. The summed E-state index contributed by atoms with van der Waals surface area (Å²) in [6.45, 7) is 1.62. The largest absolute Gasteiger partial charge is 0.390 e. The van der Waals surface area contributed by atoms with E-state index in [1.165, 1.54) is 12.3 Å². The molecule has 0 unspecified atom stereocenters. The van der Waals surface area contributed by atoms with E-state index in [2.05, 4.69) is 14.9 Å². The second-order valence-corrected chi connectivity index (χ2v) is 6.08. The zero-order chi connectivity index (χ0) is 14.8. The predicted octanol–water partition coefficient (Wildman–Crippen LogP) is -0.270. The second-order valence-electron chi connectivity index (χ2n) is 4.31. The molecule has 0 amide bonds. The molecular formula is C11H16N4O4S. The zero-order valence-corrected chi connectivity index (χ0v) is 12.0. The van der Waals surface area contributed by atoms with Gasteiger partial charge in [0.25, 0.3) is 0 Å². The molecule has 20 heavy (non-hydrogen) atoms. The van der Waals surface area contributed by atoms with Crippen LogP contribution in [0.25, 0.3) is 0 Å². The number of aliphatic hydroxyl groups is 1. The van der Waals surface area contributed by atoms with Crippen LogP contribution in [0.5, 0.6) is 0 Å². The molecule has 0 atom stereocenters. The van der Waals surface area contributed by atoms with Crippen molar-refractivity contribution in [3.05, 3.63) is 29.7 Å². The Hall–Kier alpha value is -1.71. The maximum atomic E-state index is 12.0. The van der Waals surface area contributed by atoms with Crippen LogP contribution < -0.4 is 4.72 Å². The van der Waals surface area contributed by atoms with Gasteiger partial charge in [-0.05, 0) is 6.07 Å². The quantitative estimate of drug-likeness (QED) is 0.760. The molecule has 2 rings (SSSR count). The first-order valence-corrected chi connectivity index (χ1v) is 7.45. The number of aryl methyl sites for hydroxylation is 2. The Kier molecular flexibility index (Phi) is 4.21. The summed E-state index contributed by atoms with van der Waals surface area (Å²) < 4.78 is 32.9. The monoisotopic (exact) mass is 300 g/mol. The lowest BCUT2D eigenvalue weighted by atomic mass is 10.4. The molecule has 0 bridgehead atoms. The molecule has 0 aliphatic carbocycles. The van der Waals surface area contributed by atoms with Gasteiger partial charge in [-0.2, -0.15) is 4.98 Å². The lowest BCUT2D eigenvalue weighted by Gasteiger charge is -2.02. The van der Waals surface area contributed by atoms with Crippen molar-refractivity contribution in [3.8, 4) is 0 Å². The number of hydrogen-bond donors (Lipinski definition) is 2. The lowest BCUT2D eigenvalue weighted by Crippen LogP contribution is -2.26. The minimum Gasteiger partial charge on any atom is -0.390 e. The van der Waals surface area contributed by atoms with Crippen molar-refractivity contribution in [2.24, 2.45) is 7.05 Å². The molecule has 0 fully saturated rings. The number of aliphatic hydroxyl groups excluding tert-OH is 1. The smallest absolute Gasteiger partial charge is 0.242 e. The average Bonchev–Trinajstić information content (AvgIpc) is 2.95. The van der Waals surface area contributed by atoms with Crippen molar-refractivity contribution in [2.45, 2.75) is 24.8 Å². The van der Waals surface area contributed by atoms with E-state index in [1.54, 1.807) is 18.5 Å². The lowest BCUT2D eigenvalue weighted by molar-refractivity contribution is 0.272. The van der Waals surface area contributed by atoms with Gasteiger partial charge in [-0.15, -0.1) is 0 Å². The Morgan fingerprint density at radius 3 is 2.80 bits per heavy atom. The molecule has 0 aliphatic rings. The van der Waals surface area contributed by atoms with Gasteiger partial charge in [0.05, 0.1) is 11.5 Å². The summed E-state index contributed by atoms with van der Waals surface area (Å²) in [6.07, 6.45) is 1.79. The average molecular weight is 300 g/mol. The highest BCUT2D eigenvalue weighted by Crippen LogP contribution is 2.13. The first kappa shape index (κ1) is 14.7. The van der Waals surface area contributed by atoms with E-state index in [-0.39, 0.29) is 18.0 Å². The molecule has 0 spiro atoms. The number of nitrogens with zero attached hydrogens (tertiary/aromatic N) is 3. The fraction of sp³-hybridized carbons (Fsp3) is 0.455. The molecule has 2 heterocycles. The van der Waals surface area contributed by atoms with Gasteiger partial charge in [0.1, 0.15) is 0 Å². The topological polar surface area (TPSA) is 110 Å². The van der Waals surface area contributed by atoms with E-state index >= 15 is 0 Å². The fourth-order valence-electron chi connectivity index (χ4n) is 1.70. The molecule has 0 aliphatic heterocycles. The Morgan fingerprint density at radius 1 is 1.50 bits per heavy atom. The number of rotatable bonds is 6. The molecular weight excluding hydrogens is 284 g/mol. The van der Waals surface area contributed by atoms with Gasteiger partial charge in [0.15, 0.2) is 5.82 Å². The second kappa shape index (κ2) is 5.73. The molecule has 0 radical (unpaired) electrons. The zero-order valence-electron chi connectivity index (χ0n) is 11.2. The fourth-order valence-corrected chi connectivity index (χ4v) is 2.83. The number of nitrogens with one attached hydrogen (secondary N) is 1. The molecule has 8 nitrogen and oxygen atoms in total. The van der Waals surface area contributed by atoms with E-state index in [0.717, 1.165) is 0 Å². The summed E-state index contributed by atoms with van der Waals surface area (Å²) >= 11 is 0. The minimum atomic E-state index is -3.60. The van der Waals surface area contributed by atoms with Crippen LogP contribution in [0.1, 0.15) is 17.4 Å². The van der Waals surface area contributed by atoms with E-state index in [0.29, 0.717) is 23.8 Å². The number of sulfonamides is 1. The Bertz CT molecular complexity index is 689. The standard InChI is InChI=1S/C11H16N4O4S/c1-8-13-11(14-19-8)3-4-12-20(17,18)10-5-9(7-16)15(2)6-10/h5-6,12,16H,3-4,7H2,1-2H3. The highest BCUT2D eigenvalue weighted by Gasteiger charge is 2.17. The van der Waals surface area contributed by atoms with E-state index in [4.69, 9.17) is 9.63 Å². The summed E-state index contributed by atoms with van der Waals surface area (Å²) in [7, 11) is -1.93. The first-order chi connectivity index (χ1) is 9.42. The van der Waals surface area contributed by atoms with Crippen LogP contribution in [0.15, 0.2) is 21.7 Å². The molecule has 0 aromatic carbocycles. The molecule has 2 aromatic rings. The van der Waals surface area contributed by atoms with Crippen molar-refractivity contribution in [3.63, 3.8) is 0 Å². The van der Waals surface area contributed by atoms with Gasteiger partial charge in [-0.25, -0.2) is 13.1 Å². The van der Waals surface area contributed by atoms with E-state index < -0.39 is 10.0 Å². The SMILES string of the molecule is Cc1nc(CCNS(=O)(=O)c2cc(CO)n(C)c2)no1. The highest BCUT2D eigenvalue weighted by atomic mass is 32.2. The van der Waals surface area contributed by atoms with Gasteiger partial charge >= 0.3 is 0 Å². The normalized spacial score (nSPS) is 11.9. The van der Waals surface area contributed by atoms with Gasteiger partial charge < -0.3 is 14.2 Å². The van der Waals surface area contributed by atoms with Crippen molar-refractivity contribution < 1.29 is 18.0 Å². The Balaban J connectivity index is 2.00. The summed E-state index contributed by atoms with van der Waals surface area (Å²) in [6, 6.07) is 1.43. The van der Waals surface area contributed by atoms with Crippen LogP contribution in [-0.2, 0) is 30.1 Å². The van der Waals surface area contributed by atoms with Gasteiger partial charge in [0, 0.05) is 38.8 Å². The highest BCUT2D eigenvalue weighted by molar-refractivity contribution is 7.89. The number of hydrogen-bond acceptors (Lipinski definition) is 6. The van der Waals surface area contributed by atoms with Crippen LogP contribution in [0.4, 0.5) is 0 Å². The summed E-state index contributed by atoms with van der Waals surface area (Å²) in [5, 5.41) is 12.7. The van der Waals surface area contributed by atoms with E-state index in [9.17, 15) is 8.42 Å². The molecule has 110 valence electrons. The van der Waals surface area contributed by atoms with Crippen LogP contribution >= 0.6 is 0 Å². The van der Waals surface area contributed by atoms with Crippen LogP contribution in [0.2, 0.25) is 0 Å². The summed E-state index contributed by atoms with van der Waals surface area (Å²) in [4.78, 5) is 4.10. The molecule has 0 saturated carbocycles. The van der Waals surface area contributed by atoms with Crippen LogP contribution in [-0.4, -0.2) is 34.8 Å².